The minimum absolute atomic E-state index is 0.105. The van der Waals surface area contributed by atoms with E-state index < -0.39 is 11.9 Å². The maximum absolute atomic E-state index is 13.5. The molecule has 3 nitrogen and oxygen atoms in total. The Balaban J connectivity index is 1.93. The van der Waals surface area contributed by atoms with Gasteiger partial charge in [-0.15, -0.1) is 0 Å². The molecule has 104 valence electrons. The Hall–Kier alpha value is -1.29. The number of hydrogen-bond acceptors (Lipinski definition) is 2. The van der Waals surface area contributed by atoms with Gasteiger partial charge in [-0.1, -0.05) is 24.4 Å². The molecule has 1 unspecified atom stereocenters. The quantitative estimate of drug-likeness (QED) is 0.890. The fourth-order valence-corrected chi connectivity index (χ4v) is 2.48. The van der Waals surface area contributed by atoms with E-state index in [2.05, 4.69) is 10.6 Å². The van der Waals surface area contributed by atoms with Crippen molar-refractivity contribution in [3.05, 3.63) is 29.0 Å². The molecular weight excluding hydrogens is 267 g/mol. The van der Waals surface area contributed by atoms with Gasteiger partial charge in [0.2, 0.25) is 5.91 Å². The van der Waals surface area contributed by atoms with Crippen molar-refractivity contribution < 1.29 is 9.18 Å². The second-order valence-corrected chi connectivity index (χ2v) is 5.42. The van der Waals surface area contributed by atoms with Crippen LogP contribution in [0.15, 0.2) is 18.2 Å². The molecule has 5 heteroatoms. The molecule has 1 atom stereocenters. The fraction of sp³-hybridized carbons (Fsp3) is 0.500. The van der Waals surface area contributed by atoms with Crippen molar-refractivity contribution in [2.24, 2.45) is 0 Å². The van der Waals surface area contributed by atoms with Gasteiger partial charge < -0.3 is 10.6 Å². The molecule has 2 N–H and O–H groups in total. The molecule has 1 aromatic carbocycles. The van der Waals surface area contributed by atoms with Crippen LogP contribution in [-0.2, 0) is 4.79 Å². The maximum Gasteiger partial charge on any atom is 0.242 e. The van der Waals surface area contributed by atoms with E-state index >= 15 is 0 Å². The van der Waals surface area contributed by atoms with Gasteiger partial charge in [0.25, 0.3) is 0 Å². The highest BCUT2D eigenvalue weighted by atomic mass is 35.5. The third kappa shape index (κ3) is 3.83. The summed E-state index contributed by atoms with van der Waals surface area (Å²) in [5.41, 5.74) is 0.251. The van der Waals surface area contributed by atoms with Crippen molar-refractivity contribution in [3.8, 4) is 0 Å². The van der Waals surface area contributed by atoms with Crippen molar-refractivity contribution in [1.82, 2.24) is 5.32 Å². The van der Waals surface area contributed by atoms with Crippen molar-refractivity contribution in [1.29, 1.82) is 0 Å². The summed E-state index contributed by atoms with van der Waals surface area (Å²) >= 11 is 5.81. The molecule has 0 aromatic heterocycles. The number of amides is 1. The van der Waals surface area contributed by atoms with Gasteiger partial charge in [0.1, 0.15) is 11.9 Å². The Kier molecular flexibility index (Phi) is 4.64. The second-order valence-electron chi connectivity index (χ2n) is 4.98. The number of benzene rings is 1. The Morgan fingerprint density at radius 2 is 2.11 bits per heavy atom. The highest BCUT2D eigenvalue weighted by Gasteiger charge is 2.21. The topological polar surface area (TPSA) is 41.1 Å². The molecule has 1 amide bonds. The minimum Gasteiger partial charge on any atom is -0.371 e. The van der Waals surface area contributed by atoms with Crippen molar-refractivity contribution in [2.75, 3.05) is 5.32 Å². The molecule has 0 aliphatic heterocycles. The number of carbonyl (C=O) groups is 1. The maximum atomic E-state index is 13.5. The first kappa shape index (κ1) is 14.1. The predicted molar refractivity (Wildman–Crippen MR) is 74.9 cm³/mol. The number of anilines is 1. The van der Waals surface area contributed by atoms with Crippen LogP contribution >= 0.6 is 11.6 Å². The van der Waals surface area contributed by atoms with Gasteiger partial charge in [0.15, 0.2) is 0 Å². The summed E-state index contributed by atoms with van der Waals surface area (Å²) in [5, 5.41) is 6.27. The van der Waals surface area contributed by atoms with Crippen LogP contribution in [0.5, 0.6) is 0 Å². The smallest absolute Gasteiger partial charge is 0.242 e. The lowest BCUT2D eigenvalue weighted by Gasteiger charge is -2.19. The van der Waals surface area contributed by atoms with Crippen LogP contribution < -0.4 is 10.6 Å². The van der Waals surface area contributed by atoms with E-state index in [9.17, 15) is 9.18 Å². The zero-order chi connectivity index (χ0) is 13.8. The molecule has 1 fully saturated rings. The van der Waals surface area contributed by atoms with Crippen molar-refractivity contribution in [2.45, 2.75) is 44.7 Å². The lowest BCUT2D eigenvalue weighted by molar-refractivity contribution is -0.122. The standard InChI is InChI=1S/C14H18ClFN2O/c1-9(14(19)18-11-4-2-3-5-11)17-13-8-10(15)6-7-12(13)16/h6-9,11,17H,2-5H2,1H3,(H,18,19). The van der Waals surface area contributed by atoms with Crippen LogP contribution in [0.3, 0.4) is 0 Å². The summed E-state index contributed by atoms with van der Waals surface area (Å²) in [5.74, 6) is -0.517. The number of nitrogens with one attached hydrogen (secondary N) is 2. The molecule has 1 saturated carbocycles. The fourth-order valence-electron chi connectivity index (χ4n) is 2.30. The zero-order valence-corrected chi connectivity index (χ0v) is 11.6. The molecule has 0 radical (unpaired) electrons. The van der Waals surface area contributed by atoms with Crippen LogP contribution in [0.4, 0.5) is 10.1 Å². The van der Waals surface area contributed by atoms with Crippen LogP contribution in [-0.4, -0.2) is 18.0 Å². The van der Waals surface area contributed by atoms with Crippen LogP contribution in [0.25, 0.3) is 0 Å². The summed E-state index contributed by atoms with van der Waals surface area (Å²) in [7, 11) is 0. The predicted octanol–water partition coefficient (Wildman–Crippen LogP) is 3.34. The highest BCUT2D eigenvalue weighted by Crippen LogP contribution is 2.21. The van der Waals surface area contributed by atoms with Gasteiger partial charge >= 0.3 is 0 Å². The lowest BCUT2D eigenvalue weighted by atomic mass is 10.2. The first-order valence-electron chi connectivity index (χ1n) is 6.58. The molecule has 1 aromatic rings. The van der Waals surface area contributed by atoms with Gasteiger partial charge in [-0.05, 0) is 38.0 Å². The van der Waals surface area contributed by atoms with Crippen LogP contribution in [0.2, 0.25) is 5.02 Å². The molecule has 0 spiro atoms. The van der Waals surface area contributed by atoms with Gasteiger partial charge in [-0.25, -0.2) is 4.39 Å². The Morgan fingerprint density at radius 1 is 1.42 bits per heavy atom. The first-order valence-corrected chi connectivity index (χ1v) is 6.96. The number of carbonyl (C=O) groups excluding carboxylic acids is 1. The summed E-state index contributed by atoms with van der Waals surface area (Å²) in [6.07, 6.45) is 4.39. The Bertz CT molecular complexity index is 461. The normalized spacial score (nSPS) is 17.2. The molecular formula is C14H18ClFN2O. The van der Waals surface area contributed by atoms with Crippen LogP contribution in [0.1, 0.15) is 32.6 Å². The Labute approximate surface area is 117 Å². The summed E-state index contributed by atoms with van der Waals surface area (Å²) in [6.45, 7) is 1.71. The SMILES string of the molecule is CC(Nc1cc(Cl)ccc1F)C(=O)NC1CCCC1. The summed E-state index contributed by atoms with van der Waals surface area (Å²) in [4.78, 5) is 12.0. The van der Waals surface area contributed by atoms with E-state index in [1.54, 1.807) is 6.92 Å². The Morgan fingerprint density at radius 3 is 2.79 bits per heavy atom. The number of hydrogen-bond donors (Lipinski definition) is 2. The van der Waals surface area contributed by atoms with E-state index in [-0.39, 0.29) is 17.6 Å². The van der Waals surface area contributed by atoms with E-state index in [1.807, 2.05) is 0 Å². The molecule has 0 saturated heterocycles. The van der Waals surface area contributed by atoms with Crippen molar-refractivity contribution >= 4 is 23.2 Å². The van der Waals surface area contributed by atoms with E-state index in [4.69, 9.17) is 11.6 Å². The highest BCUT2D eigenvalue weighted by molar-refractivity contribution is 6.30. The lowest BCUT2D eigenvalue weighted by Crippen LogP contribution is -2.42. The first-order chi connectivity index (χ1) is 9.06. The monoisotopic (exact) mass is 284 g/mol. The third-order valence-electron chi connectivity index (χ3n) is 3.40. The molecule has 19 heavy (non-hydrogen) atoms. The average Bonchev–Trinajstić information content (AvgIpc) is 2.86. The second kappa shape index (κ2) is 6.24. The number of rotatable bonds is 4. The van der Waals surface area contributed by atoms with E-state index in [0.29, 0.717) is 5.02 Å². The summed E-state index contributed by atoms with van der Waals surface area (Å²) in [6, 6.07) is 4.02. The molecule has 0 heterocycles. The van der Waals surface area contributed by atoms with Gasteiger partial charge in [0, 0.05) is 11.1 Å². The molecule has 1 aliphatic rings. The van der Waals surface area contributed by atoms with Crippen LogP contribution in [0, 0.1) is 5.82 Å². The largest absolute Gasteiger partial charge is 0.371 e. The van der Waals surface area contributed by atoms with Gasteiger partial charge in [-0.2, -0.15) is 0 Å². The van der Waals surface area contributed by atoms with Gasteiger partial charge in [0.05, 0.1) is 5.69 Å². The molecule has 0 bridgehead atoms. The summed E-state index contributed by atoms with van der Waals surface area (Å²) < 4.78 is 13.5. The third-order valence-corrected chi connectivity index (χ3v) is 3.63. The number of halogens is 2. The average molecular weight is 285 g/mol. The zero-order valence-electron chi connectivity index (χ0n) is 10.9. The van der Waals surface area contributed by atoms with Crippen molar-refractivity contribution in [3.63, 3.8) is 0 Å². The molecule has 2 rings (SSSR count). The molecule has 1 aliphatic carbocycles. The minimum atomic E-state index is -0.492. The van der Waals surface area contributed by atoms with Gasteiger partial charge in [-0.3, -0.25) is 4.79 Å². The van der Waals surface area contributed by atoms with E-state index in [0.717, 1.165) is 25.7 Å². The van der Waals surface area contributed by atoms with E-state index in [1.165, 1.54) is 18.2 Å².